The molecule has 0 unspecified atom stereocenters. The highest BCUT2D eigenvalue weighted by molar-refractivity contribution is 6.31. The minimum absolute atomic E-state index is 0.0227. The molecule has 158 valence electrons. The molecular formula is C26H26ClN3O. The summed E-state index contributed by atoms with van der Waals surface area (Å²) in [6, 6.07) is 19.8. The number of fused-ring (bicyclic) bond motifs is 1. The monoisotopic (exact) mass is 431 g/mol. The molecule has 0 aliphatic carbocycles. The summed E-state index contributed by atoms with van der Waals surface area (Å²) in [4.78, 5) is 20.5. The third kappa shape index (κ3) is 4.97. The summed E-state index contributed by atoms with van der Waals surface area (Å²) in [5, 5.41) is 4.78. The highest BCUT2D eigenvalue weighted by Gasteiger charge is 2.15. The third-order valence-corrected chi connectivity index (χ3v) is 5.72. The molecule has 0 fully saturated rings. The van der Waals surface area contributed by atoms with E-state index >= 15 is 0 Å². The highest BCUT2D eigenvalue weighted by atomic mass is 35.5. The number of rotatable bonds is 7. The number of H-pyrrole nitrogens is 1. The summed E-state index contributed by atoms with van der Waals surface area (Å²) in [7, 11) is 0. The molecular weight excluding hydrogens is 406 g/mol. The number of carbonyl (C=O) groups excluding carboxylic acids is 1. The van der Waals surface area contributed by atoms with Crippen molar-refractivity contribution < 1.29 is 4.79 Å². The fraction of sp³-hybridized carbons (Fsp3) is 0.231. The molecule has 0 radical (unpaired) electrons. The van der Waals surface area contributed by atoms with Crippen LogP contribution in [-0.2, 0) is 11.2 Å². The summed E-state index contributed by atoms with van der Waals surface area (Å²) >= 11 is 6.26. The first-order valence-electron chi connectivity index (χ1n) is 10.6. The molecule has 1 amide bonds. The maximum atomic E-state index is 12.5. The summed E-state index contributed by atoms with van der Waals surface area (Å²) in [5.41, 5.74) is 6.14. The van der Waals surface area contributed by atoms with Crippen LogP contribution in [0.2, 0.25) is 5.02 Å². The second-order valence-electron chi connectivity index (χ2n) is 8.06. The van der Waals surface area contributed by atoms with Gasteiger partial charge in [-0.3, -0.25) is 9.78 Å². The largest absolute Gasteiger partial charge is 0.353 e. The maximum absolute atomic E-state index is 12.5. The average Bonchev–Trinajstić information content (AvgIpc) is 3.12. The number of nitrogens with one attached hydrogen (secondary N) is 2. The Morgan fingerprint density at radius 1 is 1.10 bits per heavy atom. The molecule has 2 heterocycles. The van der Waals surface area contributed by atoms with E-state index in [9.17, 15) is 4.79 Å². The summed E-state index contributed by atoms with van der Waals surface area (Å²) in [5.74, 6) is 0.497. The number of aromatic amines is 1. The van der Waals surface area contributed by atoms with E-state index in [0.29, 0.717) is 17.4 Å². The van der Waals surface area contributed by atoms with Gasteiger partial charge >= 0.3 is 0 Å². The smallest absolute Gasteiger partial charge is 0.224 e. The first-order chi connectivity index (χ1) is 15.0. The molecule has 31 heavy (non-hydrogen) atoms. The molecule has 0 saturated heterocycles. The van der Waals surface area contributed by atoms with Crippen LogP contribution in [0.1, 0.15) is 43.7 Å². The minimum Gasteiger partial charge on any atom is -0.353 e. The van der Waals surface area contributed by atoms with E-state index in [2.05, 4.69) is 41.3 Å². The van der Waals surface area contributed by atoms with Crippen molar-refractivity contribution in [3.63, 3.8) is 0 Å². The molecule has 0 atom stereocenters. The van der Waals surface area contributed by atoms with Gasteiger partial charge in [-0.15, -0.1) is 0 Å². The summed E-state index contributed by atoms with van der Waals surface area (Å²) in [6.07, 6.45) is 3.72. The number of halogens is 1. The predicted octanol–water partition coefficient (Wildman–Crippen LogP) is 6.97. The van der Waals surface area contributed by atoms with Crippen LogP contribution in [0.3, 0.4) is 0 Å². The van der Waals surface area contributed by atoms with Crippen molar-refractivity contribution in [1.82, 2.24) is 9.97 Å². The molecule has 0 bridgehead atoms. The Hall–Kier alpha value is -3.11. The molecule has 4 rings (SSSR count). The Morgan fingerprint density at radius 3 is 2.61 bits per heavy atom. The number of anilines is 1. The second-order valence-corrected chi connectivity index (χ2v) is 8.50. The van der Waals surface area contributed by atoms with Crippen LogP contribution in [0.4, 0.5) is 5.69 Å². The van der Waals surface area contributed by atoms with Crippen LogP contribution in [-0.4, -0.2) is 15.9 Å². The molecule has 5 heteroatoms. The molecule has 4 aromatic rings. The molecule has 0 saturated carbocycles. The average molecular weight is 432 g/mol. The first-order valence-corrected chi connectivity index (χ1v) is 11.0. The zero-order valence-electron chi connectivity index (χ0n) is 17.8. The Morgan fingerprint density at radius 2 is 1.90 bits per heavy atom. The topological polar surface area (TPSA) is 57.8 Å². The lowest BCUT2D eigenvalue weighted by atomic mass is 10.0. The number of hydrogen-bond donors (Lipinski definition) is 2. The zero-order chi connectivity index (χ0) is 21.8. The van der Waals surface area contributed by atoms with Gasteiger partial charge < -0.3 is 10.3 Å². The van der Waals surface area contributed by atoms with E-state index in [0.717, 1.165) is 46.4 Å². The number of pyridine rings is 1. The van der Waals surface area contributed by atoms with Crippen LogP contribution in [0.25, 0.3) is 22.3 Å². The Balaban J connectivity index is 1.47. The standard InChI is InChI=1S/C26H26ClN3O/c1-17(2)18-9-12-20(13-10-18)29-25(31)8-5-6-21-22-16-19(27)11-14-23(22)30-26(21)24-7-3-4-15-28-24/h3-4,7,9-17,30H,5-6,8H2,1-2H3,(H,29,31). The molecule has 2 aromatic heterocycles. The van der Waals surface area contributed by atoms with Crippen molar-refractivity contribution in [3.8, 4) is 11.4 Å². The second kappa shape index (κ2) is 9.36. The van der Waals surface area contributed by atoms with E-state index in [1.165, 1.54) is 5.56 Å². The lowest BCUT2D eigenvalue weighted by Gasteiger charge is -2.09. The van der Waals surface area contributed by atoms with Gasteiger partial charge in [-0.25, -0.2) is 0 Å². The molecule has 4 nitrogen and oxygen atoms in total. The Kier molecular flexibility index (Phi) is 6.38. The van der Waals surface area contributed by atoms with E-state index < -0.39 is 0 Å². The van der Waals surface area contributed by atoms with E-state index in [-0.39, 0.29) is 5.91 Å². The van der Waals surface area contributed by atoms with E-state index in [1.54, 1.807) is 6.20 Å². The van der Waals surface area contributed by atoms with Gasteiger partial charge in [0, 0.05) is 34.2 Å². The van der Waals surface area contributed by atoms with Crippen molar-refractivity contribution in [2.75, 3.05) is 5.32 Å². The Labute approximate surface area is 187 Å². The normalized spacial score (nSPS) is 11.2. The van der Waals surface area contributed by atoms with Gasteiger partial charge in [-0.05, 0) is 72.4 Å². The predicted molar refractivity (Wildman–Crippen MR) is 129 cm³/mol. The van der Waals surface area contributed by atoms with Crippen molar-refractivity contribution in [3.05, 3.63) is 83.0 Å². The number of carbonyl (C=O) groups is 1. The number of nitrogens with zero attached hydrogens (tertiary/aromatic N) is 1. The van der Waals surface area contributed by atoms with Crippen molar-refractivity contribution in [2.45, 2.75) is 39.0 Å². The number of benzene rings is 2. The Bertz CT molecular complexity index is 1180. The van der Waals surface area contributed by atoms with E-state index in [4.69, 9.17) is 11.6 Å². The lowest BCUT2D eigenvalue weighted by Crippen LogP contribution is -2.11. The van der Waals surface area contributed by atoms with Gasteiger partial charge in [-0.2, -0.15) is 0 Å². The van der Waals surface area contributed by atoms with Gasteiger partial charge in [0.05, 0.1) is 11.4 Å². The molecule has 0 spiro atoms. The lowest BCUT2D eigenvalue weighted by molar-refractivity contribution is -0.116. The number of aryl methyl sites for hydroxylation is 1. The van der Waals surface area contributed by atoms with Gasteiger partial charge in [0.1, 0.15) is 0 Å². The van der Waals surface area contributed by atoms with Crippen molar-refractivity contribution >= 4 is 34.1 Å². The first kappa shape index (κ1) is 21.1. The summed E-state index contributed by atoms with van der Waals surface area (Å²) < 4.78 is 0. The minimum atomic E-state index is 0.0227. The number of aromatic nitrogens is 2. The van der Waals surface area contributed by atoms with Crippen LogP contribution in [0.15, 0.2) is 66.9 Å². The molecule has 2 N–H and O–H groups in total. The molecule has 0 aliphatic heterocycles. The number of hydrogen-bond acceptors (Lipinski definition) is 2. The van der Waals surface area contributed by atoms with Gasteiger partial charge in [0.15, 0.2) is 0 Å². The van der Waals surface area contributed by atoms with Gasteiger partial charge in [-0.1, -0.05) is 43.6 Å². The highest BCUT2D eigenvalue weighted by Crippen LogP contribution is 2.32. The van der Waals surface area contributed by atoms with Gasteiger partial charge in [0.25, 0.3) is 0 Å². The zero-order valence-corrected chi connectivity index (χ0v) is 18.5. The SMILES string of the molecule is CC(C)c1ccc(NC(=O)CCCc2c(-c3ccccn3)[nH]c3ccc(Cl)cc23)cc1. The van der Waals surface area contributed by atoms with Crippen LogP contribution < -0.4 is 5.32 Å². The fourth-order valence-corrected chi connectivity index (χ4v) is 3.98. The van der Waals surface area contributed by atoms with Crippen LogP contribution in [0.5, 0.6) is 0 Å². The van der Waals surface area contributed by atoms with Crippen LogP contribution in [0, 0.1) is 0 Å². The van der Waals surface area contributed by atoms with E-state index in [1.807, 2.05) is 48.5 Å². The van der Waals surface area contributed by atoms with Crippen LogP contribution >= 0.6 is 11.6 Å². The van der Waals surface area contributed by atoms with Gasteiger partial charge in [0.2, 0.25) is 5.91 Å². The third-order valence-electron chi connectivity index (χ3n) is 5.48. The summed E-state index contributed by atoms with van der Waals surface area (Å²) in [6.45, 7) is 4.31. The van der Waals surface area contributed by atoms with Crippen molar-refractivity contribution in [2.24, 2.45) is 0 Å². The fourth-order valence-electron chi connectivity index (χ4n) is 3.81. The maximum Gasteiger partial charge on any atom is 0.224 e. The molecule has 2 aromatic carbocycles. The molecule has 0 aliphatic rings. The van der Waals surface area contributed by atoms with Crippen molar-refractivity contribution in [1.29, 1.82) is 0 Å². The number of amides is 1. The quantitative estimate of drug-likeness (QED) is 0.332.